The van der Waals surface area contributed by atoms with Gasteiger partial charge in [0, 0.05) is 22.3 Å². The summed E-state index contributed by atoms with van der Waals surface area (Å²) in [4.78, 5) is 25.6. The molecule has 0 radical (unpaired) electrons. The van der Waals surface area contributed by atoms with Crippen LogP contribution in [0.3, 0.4) is 0 Å². The van der Waals surface area contributed by atoms with Crippen LogP contribution in [0.1, 0.15) is 61.4 Å². The zero-order chi connectivity index (χ0) is 26.2. The van der Waals surface area contributed by atoms with Gasteiger partial charge in [-0.2, -0.15) is 0 Å². The number of amides is 2. The van der Waals surface area contributed by atoms with Crippen molar-refractivity contribution < 1.29 is 9.59 Å². The van der Waals surface area contributed by atoms with Gasteiger partial charge in [0.1, 0.15) is 0 Å². The molecule has 1 aromatic heterocycles. The fourth-order valence-corrected chi connectivity index (χ4v) is 4.86. The summed E-state index contributed by atoms with van der Waals surface area (Å²) in [5.41, 5.74) is 2.45. The van der Waals surface area contributed by atoms with Gasteiger partial charge < -0.3 is 15.2 Å². The van der Waals surface area contributed by atoms with Crippen molar-refractivity contribution in [1.29, 1.82) is 0 Å². The Morgan fingerprint density at radius 3 is 2.47 bits per heavy atom. The first kappa shape index (κ1) is 27.7. The number of aromatic nitrogens is 3. The normalized spacial score (nSPS) is 12.0. The Hall–Kier alpha value is -2.91. The maximum atomic E-state index is 12.8. The summed E-state index contributed by atoms with van der Waals surface area (Å²) in [5, 5.41) is 15.5. The van der Waals surface area contributed by atoms with E-state index in [0.717, 1.165) is 15.7 Å². The van der Waals surface area contributed by atoms with Crippen LogP contribution in [0.2, 0.25) is 0 Å². The predicted molar refractivity (Wildman–Crippen MR) is 149 cm³/mol. The molecular weight excluding hydrogens is 538 g/mol. The minimum Gasteiger partial charge on any atom is -0.342 e. The molecule has 0 aliphatic rings. The van der Waals surface area contributed by atoms with Crippen molar-refractivity contribution in [2.24, 2.45) is 5.92 Å². The van der Waals surface area contributed by atoms with Crippen LogP contribution >= 0.6 is 27.7 Å². The Bertz CT molecular complexity index is 1210. The van der Waals surface area contributed by atoms with Crippen molar-refractivity contribution >= 4 is 45.2 Å². The predicted octanol–water partition coefficient (Wildman–Crippen LogP) is 6.21. The van der Waals surface area contributed by atoms with Crippen molar-refractivity contribution in [1.82, 2.24) is 20.1 Å². The second-order valence-corrected chi connectivity index (χ2v) is 10.9. The molecule has 7 nitrogen and oxygen atoms in total. The molecule has 0 saturated heterocycles. The van der Waals surface area contributed by atoms with Crippen LogP contribution in [0.5, 0.6) is 0 Å². The molecule has 9 heteroatoms. The average Bonchev–Trinajstić information content (AvgIpc) is 3.24. The molecule has 0 saturated carbocycles. The number of allylic oxidation sites excluding steroid dienone is 1. The summed E-state index contributed by atoms with van der Waals surface area (Å²) >= 11 is 4.80. The molecule has 36 heavy (non-hydrogen) atoms. The number of nitrogens with zero attached hydrogens (tertiary/aromatic N) is 3. The molecule has 1 atom stereocenters. The molecule has 0 fully saturated rings. The van der Waals surface area contributed by atoms with E-state index < -0.39 is 0 Å². The number of halogens is 1. The van der Waals surface area contributed by atoms with Crippen molar-refractivity contribution in [3.63, 3.8) is 0 Å². The maximum absolute atomic E-state index is 12.8. The van der Waals surface area contributed by atoms with Crippen LogP contribution in [0, 0.1) is 5.92 Å². The second-order valence-electron chi connectivity index (χ2n) is 9.02. The van der Waals surface area contributed by atoms with Crippen molar-refractivity contribution in [2.45, 2.75) is 51.4 Å². The van der Waals surface area contributed by atoms with Crippen LogP contribution in [0.25, 0.3) is 0 Å². The molecule has 0 spiro atoms. The zero-order valence-electron chi connectivity index (χ0n) is 21.0. The van der Waals surface area contributed by atoms with E-state index in [1.807, 2.05) is 54.8 Å². The fraction of sp³-hybridized carbons (Fsp3) is 0.333. The highest BCUT2D eigenvalue weighted by Gasteiger charge is 2.26. The third-order valence-electron chi connectivity index (χ3n) is 5.57. The Morgan fingerprint density at radius 1 is 1.11 bits per heavy atom. The number of nitrogens with one attached hydrogen (secondary N) is 2. The van der Waals surface area contributed by atoms with Gasteiger partial charge in [-0.3, -0.25) is 9.59 Å². The molecule has 190 valence electrons. The van der Waals surface area contributed by atoms with Gasteiger partial charge in [-0.25, -0.2) is 0 Å². The van der Waals surface area contributed by atoms with Crippen molar-refractivity contribution in [3.8, 4) is 0 Å². The quantitative estimate of drug-likeness (QED) is 0.212. The number of benzene rings is 2. The monoisotopic (exact) mass is 569 g/mol. The summed E-state index contributed by atoms with van der Waals surface area (Å²) in [5.74, 6) is 0.836. The third-order valence-corrected chi connectivity index (χ3v) is 7.03. The van der Waals surface area contributed by atoms with E-state index in [1.54, 1.807) is 18.2 Å². The number of thioether (sulfide) groups is 1. The molecule has 0 bridgehead atoms. The molecule has 0 unspecified atom stereocenters. The molecule has 2 N–H and O–H groups in total. The van der Waals surface area contributed by atoms with E-state index in [0.29, 0.717) is 23.1 Å². The van der Waals surface area contributed by atoms with Crippen molar-refractivity contribution in [3.05, 3.63) is 82.6 Å². The van der Waals surface area contributed by atoms with Crippen LogP contribution in [0.4, 0.5) is 5.69 Å². The standard InChI is InChI=1S/C27H32BrN5O2S/c1-6-14-33-25(24(18(4)5)30-26(35)19-10-8-7-9-11-19)31-32-27(33)36-16-23(34)29-22-13-12-20(28)15-21(22)17(2)3/h6-13,15,17-18,24H,1,14,16H2,2-5H3,(H,29,34)(H,30,35)/t24-/m0/s1. The molecule has 0 aliphatic heterocycles. The van der Waals surface area contributed by atoms with Gasteiger partial charge in [-0.05, 0) is 47.7 Å². The van der Waals surface area contributed by atoms with Crippen molar-refractivity contribution in [2.75, 3.05) is 11.1 Å². The highest BCUT2D eigenvalue weighted by molar-refractivity contribution is 9.10. The highest BCUT2D eigenvalue weighted by Crippen LogP contribution is 2.29. The lowest BCUT2D eigenvalue weighted by molar-refractivity contribution is -0.113. The Morgan fingerprint density at radius 2 is 1.83 bits per heavy atom. The molecule has 1 heterocycles. The topological polar surface area (TPSA) is 88.9 Å². The molecule has 3 aromatic rings. The third kappa shape index (κ3) is 7.07. The van der Waals surface area contributed by atoms with E-state index in [4.69, 9.17) is 0 Å². The molecular formula is C27H32BrN5O2S. The number of hydrogen-bond acceptors (Lipinski definition) is 5. The van der Waals surface area contributed by atoms with Crippen LogP contribution in [-0.4, -0.2) is 32.3 Å². The summed E-state index contributed by atoms with van der Waals surface area (Å²) in [6.45, 7) is 12.5. The maximum Gasteiger partial charge on any atom is 0.251 e. The van der Waals surface area contributed by atoms with E-state index in [-0.39, 0.29) is 35.4 Å². The molecule has 2 aromatic carbocycles. The first-order chi connectivity index (χ1) is 17.2. The number of hydrogen-bond donors (Lipinski definition) is 2. The van der Waals surface area contributed by atoms with Gasteiger partial charge in [-0.15, -0.1) is 16.8 Å². The van der Waals surface area contributed by atoms with Gasteiger partial charge in [-0.1, -0.05) is 79.7 Å². The molecule has 2 amide bonds. The number of carbonyl (C=O) groups excluding carboxylic acids is 2. The van der Waals surface area contributed by atoms with Crippen LogP contribution < -0.4 is 10.6 Å². The zero-order valence-corrected chi connectivity index (χ0v) is 23.4. The van der Waals surface area contributed by atoms with E-state index in [1.165, 1.54) is 11.8 Å². The first-order valence-electron chi connectivity index (χ1n) is 11.8. The Balaban J connectivity index is 1.76. The summed E-state index contributed by atoms with van der Waals surface area (Å²) in [6, 6.07) is 14.6. The van der Waals surface area contributed by atoms with Gasteiger partial charge in [0.2, 0.25) is 5.91 Å². The summed E-state index contributed by atoms with van der Waals surface area (Å²) in [7, 11) is 0. The minimum absolute atomic E-state index is 0.0680. The Labute approximate surface area is 225 Å². The minimum atomic E-state index is -0.357. The summed E-state index contributed by atoms with van der Waals surface area (Å²) < 4.78 is 2.88. The Kier molecular flexibility index (Phi) is 9.89. The number of carbonyl (C=O) groups is 2. The van der Waals surface area contributed by atoms with E-state index >= 15 is 0 Å². The smallest absolute Gasteiger partial charge is 0.251 e. The lowest BCUT2D eigenvalue weighted by Gasteiger charge is -2.22. The number of anilines is 1. The van der Waals surface area contributed by atoms with Gasteiger partial charge in [0.15, 0.2) is 11.0 Å². The van der Waals surface area contributed by atoms with Crippen LogP contribution in [0.15, 0.2) is 70.8 Å². The largest absolute Gasteiger partial charge is 0.342 e. The van der Waals surface area contributed by atoms with Gasteiger partial charge in [0.05, 0.1) is 11.8 Å². The summed E-state index contributed by atoms with van der Waals surface area (Å²) in [6.07, 6.45) is 1.75. The second kappa shape index (κ2) is 12.9. The lowest BCUT2D eigenvalue weighted by atomic mass is 10.0. The fourth-order valence-electron chi connectivity index (χ4n) is 3.72. The highest BCUT2D eigenvalue weighted by atomic mass is 79.9. The van der Waals surface area contributed by atoms with E-state index in [9.17, 15) is 9.59 Å². The lowest BCUT2D eigenvalue weighted by Crippen LogP contribution is -2.33. The molecule has 0 aliphatic carbocycles. The first-order valence-corrected chi connectivity index (χ1v) is 13.6. The van der Waals surface area contributed by atoms with Gasteiger partial charge in [0.25, 0.3) is 5.91 Å². The SMILES string of the molecule is C=CCn1c(SCC(=O)Nc2ccc(Br)cc2C(C)C)nnc1[C@@H](NC(=O)c1ccccc1)C(C)C. The average molecular weight is 571 g/mol. The molecule has 3 rings (SSSR count). The van der Waals surface area contributed by atoms with Gasteiger partial charge >= 0.3 is 0 Å². The number of rotatable bonds is 11. The van der Waals surface area contributed by atoms with E-state index in [2.05, 4.69) is 57.2 Å². The van der Waals surface area contributed by atoms with Crippen LogP contribution in [-0.2, 0) is 11.3 Å².